The molecule has 19 heavy (non-hydrogen) atoms. The summed E-state index contributed by atoms with van der Waals surface area (Å²) in [4.78, 5) is 23.1. The number of nitrogens with zero attached hydrogens (tertiary/aromatic N) is 1. The van der Waals surface area contributed by atoms with E-state index >= 15 is 0 Å². The number of rotatable bonds is 4. The van der Waals surface area contributed by atoms with E-state index in [0.717, 1.165) is 0 Å². The van der Waals surface area contributed by atoms with Gasteiger partial charge in [-0.3, -0.25) is 9.59 Å². The van der Waals surface area contributed by atoms with E-state index in [-0.39, 0.29) is 12.5 Å². The summed E-state index contributed by atoms with van der Waals surface area (Å²) in [6.07, 6.45) is 0. The van der Waals surface area contributed by atoms with Crippen molar-refractivity contribution >= 4 is 29.1 Å². The first-order chi connectivity index (χ1) is 8.85. The van der Waals surface area contributed by atoms with Crippen molar-refractivity contribution in [1.82, 2.24) is 5.32 Å². The lowest BCUT2D eigenvalue weighted by Gasteiger charge is -2.14. The number of nitriles is 1. The third kappa shape index (κ3) is 4.60. The van der Waals surface area contributed by atoms with E-state index in [1.54, 1.807) is 24.3 Å². The van der Waals surface area contributed by atoms with Gasteiger partial charge in [-0.15, -0.1) is 0 Å². The molecule has 0 aliphatic heterocycles. The highest BCUT2D eigenvalue weighted by molar-refractivity contribution is 6.30. The number of carbonyl (C=O) groups is 2. The molecule has 0 saturated heterocycles. The summed E-state index contributed by atoms with van der Waals surface area (Å²) in [5.41, 5.74) is -0.566. The standard InChI is InChI=1S/C13H14ClN3O2/c1-13(2,8-15)12(19)16-7-11(18)17-10-5-3-9(14)4-6-10/h3-6H,7H2,1-2H3,(H,16,19)(H,17,18). The van der Waals surface area contributed by atoms with Crippen LogP contribution in [0.1, 0.15) is 13.8 Å². The molecule has 0 unspecified atom stereocenters. The molecule has 0 saturated carbocycles. The number of hydrogen-bond donors (Lipinski definition) is 2. The third-order valence-corrected chi connectivity index (χ3v) is 2.64. The molecular weight excluding hydrogens is 266 g/mol. The van der Waals surface area contributed by atoms with Gasteiger partial charge in [0.05, 0.1) is 12.6 Å². The molecule has 0 heterocycles. The van der Waals surface area contributed by atoms with E-state index in [4.69, 9.17) is 16.9 Å². The second-order valence-electron chi connectivity index (χ2n) is 4.47. The minimum atomic E-state index is -1.15. The Morgan fingerprint density at radius 1 is 1.32 bits per heavy atom. The Morgan fingerprint density at radius 2 is 1.89 bits per heavy atom. The zero-order valence-corrected chi connectivity index (χ0v) is 11.4. The fraction of sp³-hybridized carbons (Fsp3) is 0.308. The highest BCUT2D eigenvalue weighted by Gasteiger charge is 2.27. The highest BCUT2D eigenvalue weighted by Crippen LogP contribution is 2.14. The summed E-state index contributed by atoms with van der Waals surface area (Å²) >= 11 is 5.72. The normalized spacial score (nSPS) is 10.4. The summed E-state index contributed by atoms with van der Waals surface area (Å²) in [5, 5.41) is 14.3. The van der Waals surface area contributed by atoms with Crippen LogP contribution in [0.4, 0.5) is 5.69 Å². The van der Waals surface area contributed by atoms with Crippen molar-refractivity contribution < 1.29 is 9.59 Å². The van der Waals surface area contributed by atoms with Crippen LogP contribution < -0.4 is 10.6 Å². The predicted molar refractivity (Wildman–Crippen MR) is 72.5 cm³/mol. The Hall–Kier alpha value is -2.06. The molecule has 0 fully saturated rings. The van der Waals surface area contributed by atoms with Crippen LogP contribution >= 0.6 is 11.6 Å². The van der Waals surface area contributed by atoms with Gasteiger partial charge in [-0.1, -0.05) is 11.6 Å². The quantitative estimate of drug-likeness (QED) is 0.884. The van der Waals surface area contributed by atoms with Crippen LogP contribution in [0.3, 0.4) is 0 Å². The lowest BCUT2D eigenvalue weighted by molar-refractivity contribution is -0.128. The molecular formula is C13H14ClN3O2. The first-order valence-corrected chi connectivity index (χ1v) is 5.98. The van der Waals surface area contributed by atoms with E-state index in [0.29, 0.717) is 10.7 Å². The summed E-state index contributed by atoms with van der Waals surface area (Å²) in [6, 6.07) is 8.47. The second kappa shape index (κ2) is 6.21. The number of carbonyl (C=O) groups excluding carboxylic acids is 2. The highest BCUT2D eigenvalue weighted by atomic mass is 35.5. The summed E-state index contributed by atoms with van der Waals surface area (Å²) < 4.78 is 0. The maximum atomic E-state index is 11.6. The summed E-state index contributed by atoms with van der Waals surface area (Å²) in [7, 11) is 0. The Kier molecular flexibility index (Phi) is 4.90. The second-order valence-corrected chi connectivity index (χ2v) is 4.91. The Morgan fingerprint density at radius 3 is 2.42 bits per heavy atom. The molecule has 0 radical (unpaired) electrons. The van der Waals surface area contributed by atoms with Crippen LogP contribution in [0, 0.1) is 16.7 Å². The van der Waals surface area contributed by atoms with Gasteiger partial charge in [-0.25, -0.2) is 0 Å². The largest absolute Gasteiger partial charge is 0.346 e. The molecule has 1 aromatic carbocycles. The Bertz CT molecular complexity index is 518. The zero-order chi connectivity index (χ0) is 14.5. The minimum absolute atomic E-state index is 0.188. The van der Waals surface area contributed by atoms with Gasteiger partial charge in [0.15, 0.2) is 0 Å². The van der Waals surface area contributed by atoms with Crippen LogP contribution in [0.2, 0.25) is 5.02 Å². The molecule has 0 atom stereocenters. The molecule has 0 aromatic heterocycles. The van der Waals surface area contributed by atoms with E-state index in [1.165, 1.54) is 13.8 Å². The topological polar surface area (TPSA) is 82.0 Å². The molecule has 0 aliphatic rings. The van der Waals surface area contributed by atoms with Gasteiger partial charge in [0, 0.05) is 10.7 Å². The van der Waals surface area contributed by atoms with E-state index in [2.05, 4.69) is 10.6 Å². The fourth-order valence-electron chi connectivity index (χ4n) is 1.17. The molecule has 100 valence electrons. The molecule has 6 heteroatoms. The Balaban J connectivity index is 2.47. The molecule has 2 N–H and O–H groups in total. The van der Waals surface area contributed by atoms with Gasteiger partial charge < -0.3 is 10.6 Å². The van der Waals surface area contributed by atoms with Crippen molar-refractivity contribution in [3.05, 3.63) is 29.3 Å². The number of hydrogen-bond acceptors (Lipinski definition) is 3. The van der Waals surface area contributed by atoms with Crippen LogP contribution in [-0.4, -0.2) is 18.4 Å². The van der Waals surface area contributed by atoms with Crippen LogP contribution in [-0.2, 0) is 9.59 Å². The molecule has 1 aromatic rings. The summed E-state index contributed by atoms with van der Waals surface area (Å²) in [5.74, 6) is -0.856. The molecule has 0 bridgehead atoms. The average Bonchev–Trinajstić information content (AvgIpc) is 2.38. The molecule has 2 amide bonds. The molecule has 0 aliphatic carbocycles. The maximum absolute atomic E-state index is 11.6. The minimum Gasteiger partial charge on any atom is -0.346 e. The fourth-order valence-corrected chi connectivity index (χ4v) is 1.30. The lowest BCUT2D eigenvalue weighted by atomic mass is 9.95. The number of amides is 2. The first kappa shape index (κ1) is 15.0. The number of anilines is 1. The van der Waals surface area contributed by atoms with Crippen molar-refractivity contribution in [2.45, 2.75) is 13.8 Å². The van der Waals surface area contributed by atoms with E-state index in [9.17, 15) is 9.59 Å². The average molecular weight is 280 g/mol. The molecule has 0 spiro atoms. The van der Waals surface area contributed by atoms with Gasteiger partial charge >= 0.3 is 0 Å². The molecule has 5 nitrogen and oxygen atoms in total. The van der Waals surface area contributed by atoms with E-state index < -0.39 is 11.3 Å². The third-order valence-electron chi connectivity index (χ3n) is 2.38. The van der Waals surface area contributed by atoms with Crippen LogP contribution in [0.25, 0.3) is 0 Å². The number of halogens is 1. The summed E-state index contributed by atoms with van der Waals surface area (Å²) in [6.45, 7) is 2.78. The van der Waals surface area contributed by atoms with Crippen molar-refractivity contribution in [1.29, 1.82) is 5.26 Å². The van der Waals surface area contributed by atoms with Crippen LogP contribution in [0.15, 0.2) is 24.3 Å². The van der Waals surface area contributed by atoms with Crippen LogP contribution in [0.5, 0.6) is 0 Å². The monoisotopic (exact) mass is 279 g/mol. The van der Waals surface area contributed by atoms with Crippen molar-refractivity contribution in [2.24, 2.45) is 5.41 Å². The number of nitrogens with one attached hydrogen (secondary N) is 2. The van der Waals surface area contributed by atoms with Gasteiger partial charge in [0.1, 0.15) is 5.41 Å². The van der Waals surface area contributed by atoms with Gasteiger partial charge in [-0.2, -0.15) is 5.26 Å². The predicted octanol–water partition coefficient (Wildman–Crippen LogP) is 1.94. The van der Waals surface area contributed by atoms with E-state index in [1.807, 2.05) is 6.07 Å². The van der Waals surface area contributed by atoms with Gasteiger partial charge in [0.25, 0.3) is 0 Å². The van der Waals surface area contributed by atoms with Gasteiger partial charge in [-0.05, 0) is 38.1 Å². The van der Waals surface area contributed by atoms with Crippen molar-refractivity contribution in [2.75, 3.05) is 11.9 Å². The van der Waals surface area contributed by atoms with Crippen molar-refractivity contribution in [3.8, 4) is 6.07 Å². The van der Waals surface area contributed by atoms with Gasteiger partial charge in [0.2, 0.25) is 11.8 Å². The van der Waals surface area contributed by atoms with Crippen molar-refractivity contribution in [3.63, 3.8) is 0 Å². The maximum Gasteiger partial charge on any atom is 0.243 e. The first-order valence-electron chi connectivity index (χ1n) is 5.60. The Labute approximate surface area is 116 Å². The number of benzene rings is 1. The SMILES string of the molecule is CC(C)(C#N)C(=O)NCC(=O)Nc1ccc(Cl)cc1. The lowest BCUT2D eigenvalue weighted by Crippen LogP contribution is -2.40. The smallest absolute Gasteiger partial charge is 0.243 e. The molecule has 1 rings (SSSR count). The zero-order valence-electron chi connectivity index (χ0n) is 10.7.